The fourth-order valence-electron chi connectivity index (χ4n) is 5.45. The number of aliphatic hydroxyl groups excluding tert-OH is 1. The summed E-state index contributed by atoms with van der Waals surface area (Å²) in [7, 11) is 1.60. The number of hydrogen-bond donors (Lipinski definition) is 1. The first-order chi connectivity index (χ1) is 14.4. The minimum atomic E-state index is -0.253. The van der Waals surface area contributed by atoms with E-state index in [4.69, 9.17) is 9.15 Å². The first-order valence-corrected chi connectivity index (χ1v) is 11.0. The molecule has 2 fully saturated rings. The van der Waals surface area contributed by atoms with Crippen LogP contribution in [-0.4, -0.2) is 41.6 Å². The first kappa shape index (κ1) is 21.1. The second-order valence-electron chi connectivity index (χ2n) is 8.79. The third-order valence-electron chi connectivity index (χ3n) is 6.86. The van der Waals surface area contributed by atoms with Gasteiger partial charge in [0.05, 0.1) is 24.5 Å². The van der Waals surface area contributed by atoms with Gasteiger partial charge in [0.15, 0.2) is 0 Å². The summed E-state index contributed by atoms with van der Waals surface area (Å²) in [6, 6.07) is 3.68. The maximum atomic E-state index is 12.7. The molecular weight excluding hydrogens is 382 g/mol. The van der Waals surface area contributed by atoms with Crippen molar-refractivity contribution in [2.45, 2.75) is 58.7 Å². The number of carbonyl (C=O) groups is 2. The molecule has 6 heteroatoms. The van der Waals surface area contributed by atoms with Crippen molar-refractivity contribution >= 4 is 17.9 Å². The highest BCUT2D eigenvalue weighted by Crippen LogP contribution is 2.49. The molecule has 30 heavy (non-hydrogen) atoms. The van der Waals surface area contributed by atoms with E-state index < -0.39 is 0 Å². The van der Waals surface area contributed by atoms with Gasteiger partial charge in [-0.15, -0.1) is 0 Å². The number of likely N-dealkylation sites (tertiary alicyclic amines) is 1. The van der Waals surface area contributed by atoms with Crippen LogP contribution in [0.3, 0.4) is 0 Å². The van der Waals surface area contributed by atoms with Crippen molar-refractivity contribution < 1.29 is 23.8 Å². The normalized spacial score (nSPS) is 29.1. The quantitative estimate of drug-likeness (QED) is 0.545. The number of imide groups is 1. The summed E-state index contributed by atoms with van der Waals surface area (Å²) in [5.41, 5.74) is 3.77. The number of carbonyl (C=O) groups excluding carboxylic acids is 2. The van der Waals surface area contributed by atoms with Crippen LogP contribution in [0.1, 0.15) is 57.5 Å². The zero-order valence-electron chi connectivity index (χ0n) is 18.0. The molecule has 4 rings (SSSR count). The Labute approximate surface area is 177 Å². The summed E-state index contributed by atoms with van der Waals surface area (Å²) < 4.78 is 11.8. The molecular formula is C24H31NO5. The standard InChI is InChI=1S/C24H31NO5/c1-4-5-15(11-16-7-8-17(12-26)30-16)6-9-20-21-14(2)10-18-22(19(21)13-29-20)24(28)25(3)23(18)27/h7-8,11,18-20,22,26H,4-6,9-10,12-13H2,1-3H3/b15-11+/t18-,19+,20-,22-/m1/s1. The molecule has 1 aliphatic carbocycles. The van der Waals surface area contributed by atoms with Crippen molar-refractivity contribution in [3.63, 3.8) is 0 Å². The SMILES string of the molecule is CCC/C(=C\c1ccc(CO)o1)CC[C@H]1OC[C@H]2C1=C(C)C[C@H]1C(=O)N(C)C(=O)[C@H]12. The fourth-order valence-corrected chi connectivity index (χ4v) is 5.45. The van der Waals surface area contributed by atoms with E-state index in [1.54, 1.807) is 13.1 Å². The van der Waals surface area contributed by atoms with E-state index in [9.17, 15) is 14.7 Å². The van der Waals surface area contributed by atoms with Gasteiger partial charge < -0.3 is 14.3 Å². The summed E-state index contributed by atoms with van der Waals surface area (Å²) in [5, 5.41) is 9.20. The van der Waals surface area contributed by atoms with E-state index in [1.165, 1.54) is 21.6 Å². The number of furan rings is 1. The molecule has 6 nitrogen and oxygen atoms in total. The Hall–Kier alpha value is -2.18. The molecule has 0 radical (unpaired) electrons. The number of fused-ring (bicyclic) bond motifs is 3. The van der Waals surface area contributed by atoms with E-state index in [0.717, 1.165) is 31.4 Å². The first-order valence-electron chi connectivity index (χ1n) is 11.0. The Bertz CT molecular complexity index is 895. The van der Waals surface area contributed by atoms with E-state index in [0.29, 0.717) is 18.8 Å². The number of ether oxygens (including phenoxy) is 1. The van der Waals surface area contributed by atoms with Crippen molar-refractivity contribution in [1.29, 1.82) is 0 Å². The molecule has 3 aliphatic rings. The molecule has 3 heterocycles. The molecule has 0 saturated carbocycles. The van der Waals surface area contributed by atoms with Gasteiger partial charge in [-0.3, -0.25) is 14.5 Å². The molecule has 2 aliphatic heterocycles. The van der Waals surface area contributed by atoms with Gasteiger partial charge in [-0.1, -0.05) is 24.5 Å². The lowest BCUT2D eigenvalue weighted by molar-refractivity contribution is -0.138. The lowest BCUT2D eigenvalue weighted by Gasteiger charge is -2.30. The van der Waals surface area contributed by atoms with Gasteiger partial charge in [0.2, 0.25) is 11.8 Å². The van der Waals surface area contributed by atoms with Crippen LogP contribution in [0.15, 0.2) is 33.3 Å². The number of rotatable bonds is 7. The molecule has 0 unspecified atom stereocenters. The Morgan fingerprint density at radius 1 is 1.23 bits per heavy atom. The third kappa shape index (κ3) is 3.67. The second-order valence-corrected chi connectivity index (χ2v) is 8.79. The highest BCUT2D eigenvalue weighted by atomic mass is 16.5. The maximum absolute atomic E-state index is 12.7. The van der Waals surface area contributed by atoms with Crippen molar-refractivity contribution in [2.24, 2.45) is 17.8 Å². The van der Waals surface area contributed by atoms with E-state index in [1.807, 2.05) is 6.07 Å². The number of nitrogens with zero attached hydrogens (tertiary/aromatic N) is 1. The van der Waals surface area contributed by atoms with Gasteiger partial charge in [-0.05, 0) is 56.4 Å². The van der Waals surface area contributed by atoms with Gasteiger partial charge in [0, 0.05) is 13.0 Å². The molecule has 0 spiro atoms. The van der Waals surface area contributed by atoms with Gasteiger partial charge in [-0.25, -0.2) is 0 Å². The summed E-state index contributed by atoms with van der Waals surface area (Å²) in [6.07, 6.45) is 6.51. The van der Waals surface area contributed by atoms with Crippen LogP contribution in [0.25, 0.3) is 6.08 Å². The molecule has 2 saturated heterocycles. The minimum absolute atomic E-state index is 0.00891. The predicted molar refractivity (Wildman–Crippen MR) is 112 cm³/mol. The van der Waals surface area contributed by atoms with E-state index >= 15 is 0 Å². The van der Waals surface area contributed by atoms with E-state index in [2.05, 4.69) is 19.9 Å². The topological polar surface area (TPSA) is 80.0 Å². The van der Waals surface area contributed by atoms with Crippen LogP contribution >= 0.6 is 0 Å². The molecule has 1 aromatic heterocycles. The molecule has 2 amide bonds. The Morgan fingerprint density at radius 2 is 2.03 bits per heavy atom. The van der Waals surface area contributed by atoms with Crippen LogP contribution in [0.4, 0.5) is 0 Å². The average molecular weight is 414 g/mol. The van der Waals surface area contributed by atoms with Gasteiger partial charge in [-0.2, -0.15) is 0 Å². The van der Waals surface area contributed by atoms with Crippen LogP contribution in [0.5, 0.6) is 0 Å². The van der Waals surface area contributed by atoms with E-state index in [-0.39, 0.29) is 42.3 Å². The second kappa shape index (κ2) is 8.52. The summed E-state index contributed by atoms with van der Waals surface area (Å²) >= 11 is 0. The minimum Gasteiger partial charge on any atom is -0.459 e. The smallest absolute Gasteiger partial charge is 0.233 e. The zero-order chi connectivity index (χ0) is 21.4. The number of aliphatic hydroxyl groups is 1. The maximum Gasteiger partial charge on any atom is 0.233 e. The van der Waals surface area contributed by atoms with Crippen molar-refractivity contribution in [1.82, 2.24) is 4.90 Å². The molecule has 1 N–H and O–H groups in total. The molecule has 4 atom stereocenters. The largest absolute Gasteiger partial charge is 0.459 e. The highest BCUT2D eigenvalue weighted by molar-refractivity contribution is 6.05. The number of allylic oxidation sites excluding steroid dienone is 2. The van der Waals surface area contributed by atoms with Crippen molar-refractivity contribution in [3.8, 4) is 0 Å². The number of hydrogen-bond acceptors (Lipinski definition) is 5. The van der Waals surface area contributed by atoms with Gasteiger partial charge >= 0.3 is 0 Å². The zero-order valence-corrected chi connectivity index (χ0v) is 18.0. The Kier molecular flexibility index (Phi) is 5.98. The van der Waals surface area contributed by atoms with Crippen molar-refractivity contribution in [2.75, 3.05) is 13.7 Å². The van der Waals surface area contributed by atoms with Crippen LogP contribution < -0.4 is 0 Å². The summed E-state index contributed by atoms with van der Waals surface area (Å²) in [6.45, 7) is 4.68. The lowest BCUT2D eigenvalue weighted by atomic mass is 9.70. The summed E-state index contributed by atoms with van der Waals surface area (Å²) in [4.78, 5) is 26.4. The molecule has 0 bridgehead atoms. The highest BCUT2D eigenvalue weighted by Gasteiger charge is 2.55. The van der Waals surface area contributed by atoms with Gasteiger partial charge in [0.1, 0.15) is 18.1 Å². The van der Waals surface area contributed by atoms with Gasteiger partial charge in [0.25, 0.3) is 0 Å². The fraction of sp³-hybridized carbons (Fsp3) is 0.583. The molecule has 0 aromatic carbocycles. The third-order valence-corrected chi connectivity index (χ3v) is 6.86. The van der Waals surface area contributed by atoms with Crippen LogP contribution in [-0.2, 0) is 20.9 Å². The predicted octanol–water partition coefficient (Wildman–Crippen LogP) is 3.70. The van der Waals surface area contributed by atoms with Crippen LogP contribution in [0.2, 0.25) is 0 Å². The average Bonchev–Trinajstić information content (AvgIpc) is 3.41. The van der Waals surface area contributed by atoms with Crippen LogP contribution in [0, 0.1) is 17.8 Å². The monoisotopic (exact) mass is 413 g/mol. The van der Waals surface area contributed by atoms with Crippen molar-refractivity contribution in [3.05, 3.63) is 40.4 Å². The lowest BCUT2D eigenvalue weighted by Crippen LogP contribution is -2.33. The summed E-state index contributed by atoms with van der Waals surface area (Å²) in [5.74, 6) is 0.810. The molecule has 162 valence electrons. The number of amides is 2. The Balaban J connectivity index is 1.49. The molecule has 1 aromatic rings. The Morgan fingerprint density at radius 3 is 2.73 bits per heavy atom.